The summed E-state index contributed by atoms with van der Waals surface area (Å²) in [6.07, 6.45) is 0. The summed E-state index contributed by atoms with van der Waals surface area (Å²) >= 11 is 0. The van der Waals surface area contributed by atoms with Crippen LogP contribution in [0.4, 0.5) is 0 Å². The van der Waals surface area contributed by atoms with Gasteiger partial charge in [0.25, 0.3) is 0 Å². The Morgan fingerprint density at radius 3 is 2.48 bits per heavy atom. The second-order valence-corrected chi connectivity index (χ2v) is 5.81. The van der Waals surface area contributed by atoms with Crippen molar-refractivity contribution in [2.45, 2.75) is 6.61 Å². The van der Waals surface area contributed by atoms with Crippen molar-refractivity contribution in [2.75, 3.05) is 0 Å². The van der Waals surface area contributed by atoms with E-state index in [1.165, 1.54) is 6.07 Å². The highest BCUT2D eigenvalue weighted by Gasteiger charge is 2.12. The van der Waals surface area contributed by atoms with E-state index in [-0.39, 0.29) is 17.7 Å². The largest absolute Gasteiger partial charge is 0.456 e. The van der Waals surface area contributed by atoms with Crippen LogP contribution in [0.15, 0.2) is 77.6 Å². The number of hydrogen-bond acceptors (Lipinski definition) is 3. The van der Waals surface area contributed by atoms with Gasteiger partial charge in [-0.15, -0.1) is 0 Å². The fraction of sp³-hybridized carbons (Fsp3) is 0.0476. The van der Waals surface area contributed by atoms with Gasteiger partial charge in [0.1, 0.15) is 12.3 Å². The van der Waals surface area contributed by atoms with Gasteiger partial charge < -0.3 is 9.72 Å². The first-order chi connectivity index (χ1) is 12.2. The van der Waals surface area contributed by atoms with Gasteiger partial charge >= 0.3 is 5.97 Å². The maximum absolute atomic E-state index is 12.4. The number of pyridine rings is 1. The van der Waals surface area contributed by atoms with Gasteiger partial charge in [-0.05, 0) is 28.5 Å². The number of ether oxygens (including phenoxy) is 1. The van der Waals surface area contributed by atoms with E-state index in [1.807, 2.05) is 48.5 Å². The van der Waals surface area contributed by atoms with Crippen LogP contribution in [-0.4, -0.2) is 11.0 Å². The van der Waals surface area contributed by atoms with Crippen molar-refractivity contribution in [3.8, 4) is 0 Å². The summed E-state index contributed by atoms with van der Waals surface area (Å²) in [5.74, 6) is -0.546. The molecule has 3 aromatic carbocycles. The van der Waals surface area contributed by atoms with Gasteiger partial charge in [-0.2, -0.15) is 0 Å². The Morgan fingerprint density at radius 2 is 1.60 bits per heavy atom. The number of para-hydroxylation sites is 1. The molecule has 4 aromatic rings. The van der Waals surface area contributed by atoms with E-state index in [0.717, 1.165) is 16.3 Å². The molecular formula is C21H15NO3. The number of carbonyl (C=O) groups is 1. The quantitative estimate of drug-likeness (QED) is 0.577. The Balaban J connectivity index is 1.61. The number of fused-ring (bicyclic) bond motifs is 2. The molecule has 122 valence electrons. The zero-order valence-corrected chi connectivity index (χ0v) is 13.4. The lowest BCUT2D eigenvalue weighted by molar-refractivity contribution is 0.0468. The predicted octanol–water partition coefficient (Wildman–Crippen LogP) is 4.04. The van der Waals surface area contributed by atoms with Crippen LogP contribution in [0.5, 0.6) is 0 Å². The molecule has 0 aliphatic rings. The van der Waals surface area contributed by atoms with Gasteiger partial charge in [0.15, 0.2) is 5.43 Å². The molecule has 25 heavy (non-hydrogen) atoms. The number of nitrogens with one attached hydrogen (secondary N) is 1. The molecule has 4 nitrogen and oxygen atoms in total. The van der Waals surface area contributed by atoms with Gasteiger partial charge in [-0.3, -0.25) is 4.79 Å². The van der Waals surface area contributed by atoms with Crippen LogP contribution in [0.3, 0.4) is 0 Å². The van der Waals surface area contributed by atoms with Gasteiger partial charge in [0.05, 0.1) is 0 Å². The average molecular weight is 329 g/mol. The lowest BCUT2D eigenvalue weighted by atomic mass is 10.1. The minimum absolute atomic E-state index is 0.148. The first-order valence-corrected chi connectivity index (χ1v) is 7.98. The Kier molecular flexibility index (Phi) is 3.78. The summed E-state index contributed by atoms with van der Waals surface area (Å²) in [5.41, 5.74) is 1.50. The summed E-state index contributed by atoms with van der Waals surface area (Å²) in [7, 11) is 0. The van der Waals surface area contributed by atoms with Crippen LogP contribution in [0.2, 0.25) is 0 Å². The minimum Gasteiger partial charge on any atom is -0.456 e. The number of esters is 1. The summed E-state index contributed by atoms with van der Waals surface area (Å²) < 4.78 is 5.42. The smallest absolute Gasteiger partial charge is 0.355 e. The third kappa shape index (κ3) is 2.90. The van der Waals surface area contributed by atoms with Crippen LogP contribution in [0, 0.1) is 0 Å². The van der Waals surface area contributed by atoms with Crippen LogP contribution >= 0.6 is 0 Å². The molecular weight excluding hydrogens is 314 g/mol. The van der Waals surface area contributed by atoms with Gasteiger partial charge in [-0.1, -0.05) is 54.6 Å². The molecule has 0 aliphatic carbocycles. The molecule has 0 atom stereocenters. The minimum atomic E-state index is -0.546. The molecule has 0 fully saturated rings. The maximum Gasteiger partial charge on any atom is 0.355 e. The standard InChI is InChI=1S/C21H15NO3/c23-20-12-19(22-18-11-4-3-10-17(18)20)21(24)25-13-15-8-5-7-14-6-1-2-9-16(14)15/h1-12H,13H2,(H,22,23). The summed E-state index contributed by atoms with van der Waals surface area (Å²) in [4.78, 5) is 27.4. The van der Waals surface area contributed by atoms with E-state index in [9.17, 15) is 9.59 Å². The Hall–Kier alpha value is -3.40. The molecule has 0 spiro atoms. The summed E-state index contributed by atoms with van der Waals surface area (Å²) in [6, 6.07) is 22.2. The van der Waals surface area contributed by atoms with E-state index in [4.69, 9.17) is 4.74 Å². The third-order valence-corrected chi connectivity index (χ3v) is 4.20. The SMILES string of the molecule is O=C(OCc1cccc2ccccc12)c1cc(=O)c2ccccc2[nH]1. The van der Waals surface area contributed by atoms with Crippen molar-refractivity contribution >= 4 is 27.6 Å². The van der Waals surface area contributed by atoms with Crippen molar-refractivity contribution in [3.63, 3.8) is 0 Å². The molecule has 0 bridgehead atoms. The predicted molar refractivity (Wildman–Crippen MR) is 97.6 cm³/mol. The Bertz CT molecular complexity index is 1140. The molecule has 4 heteroatoms. The van der Waals surface area contributed by atoms with Gasteiger partial charge in [0.2, 0.25) is 0 Å². The second kappa shape index (κ2) is 6.24. The van der Waals surface area contributed by atoms with E-state index in [2.05, 4.69) is 4.98 Å². The van der Waals surface area contributed by atoms with E-state index < -0.39 is 5.97 Å². The lowest BCUT2D eigenvalue weighted by Gasteiger charge is -2.08. The Labute approximate surface area is 143 Å². The van der Waals surface area contributed by atoms with Crippen molar-refractivity contribution in [1.29, 1.82) is 0 Å². The highest BCUT2D eigenvalue weighted by molar-refractivity contribution is 5.91. The normalized spacial score (nSPS) is 10.9. The molecule has 0 amide bonds. The zero-order chi connectivity index (χ0) is 17.2. The van der Waals surface area contributed by atoms with Crippen molar-refractivity contribution in [3.05, 3.63) is 94.3 Å². The first kappa shape index (κ1) is 15.1. The molecule has 1 heterocycles. The molecule has 0 radical (unpaired) electrons. The fourth-order valence-electron chi connectivity index (χ4n) is 2.95. The number of aromatic amines is 1. The summed E-state index contributed by atoms with van der Waals surface area (Å²) in [6.45, 7) is 0.148. The van der Waals surface area contributed by atoms with E-state index in [1.54, 1.807) is 18.2 Å². The molecule has 0 saturated carbocycles. The summed E-state index contributed by atoms with van der Waals surface area (Å²) in [5, 5.41) is 2.69. The van der Waals surface area contributed by atoms with Crippen molar-refractivity contribution < 1.29 is 9.53 Å². The molecule has 1 N–H and O–H groups in total. The molecule has 0 aliphatic heterocycles. The number of H-pyrrole nitrogens is 1. The molecule has 0 saturated heterocycles. The van der Waals surface area contributed by atoms with Gasteiger partial charge in [0, 0.05) is 17.0 Å². The van der Waals surface area contributed by atoms with Crippen LogP contribution in [0.1, 0.15) is 16.1 Å². The topological polar surface area (TPSA) is 59.2 Å². The van der Waals surface area contributed by atoms with Crippen LogP contribution in [0.25, 0.3) is 21.7 Å². The van der Waals surface area contributed by atoms with Crippen LogP contribution < -0.4 is 5.43 Å². The lowest BCUT2D eigenvalue weighted by Crippen LogP contribution is -2.12. The second-order valence-electron chi connectivity index (χ2n) is 5.81. The maximum atomic E-state index is 12.4. The van der Waals surface area contributed by atoms with Crippen LogP contribution in [-0.2, 0) is 11.3 Å². The van der Waals surface area contributed by atoms with Crippen molar-refractivity contribution in [1.82, 2.24) is 4.98 Å². The Morgan fingerprint density at radius 1 is 0.880 bits per heavy atom. The molecule has 1 aromatic heterocycles. The van der Waals surface area contributed by atoms with E-state index in [0.29, 0.717) is 10.9 Å². The number of rotatable bonds is 3. The van der Waals surface area contributed by atoms with Gasteiger partial charge in [-0.25, -0.2) is 4.79 Å². The number of benzene rings is 3. The molecule has 0 unspecified atom stereocenters. The monoisotopic (exact) mass is 329 g/mol. The number of carbonyl (C=O) groups excluding carboxylic acids is 1. The highest BCUT2D eigenvalue weighted by Crippen LogP contribution is 2.19. The third-order valence-electron chi connectivity index (χ3n) is 4.20. The fourth-order valence-corrected chi connectivity index (χ4v) is 2.95. The molecule has 4 rings (SSSR count). The number of hydrogen-bond donors (Lipinski definition) is 1. The first-order valence-electron chi connectivity index (χ1n) is 7.98. The highest BCUT2D eigenvalue weighted by atomic mass is 16.5. The van der Waals surface area contributed by atoms with E-state index >= 15 is 0 Å². The average Bonchev–Trinajstić information content (AvgIpc) is 2.66. The van der Waals surface area contributed by atoms with Crippen molar-refractivity contribution in [2.24, 2.45) is 0 Å². The zero-order valence-electron chi connectivity index (χ0n) is 13.4. The number of aromatic nitrogens is 1.